The van der Waals surface area contributed by atoms with E-state index in [1.807, 2.05) is 0 Å². The van der Waals surface area contributed by atoms with Gasteiger partial charge in [-0.25, -0.2) is 9.59 Å². The first-order valence-electron chi connectivity index (χ1n) is 12.8. The number of ether oxygens (including phenoxy) is 2. The second-order valence-electron chi connectivity index (χ2n) is 8.49. The van der Waals surface area contributed by atoms with Crippen molar-refractivity contribution >= 4 is 11.9 Å². The molecule has 0 spiro atoms. The topological polar surface area (TPSA) is 52.6 Å². The van der Waals surface area contributed by atoms with Crippen molar-refractivity contribution in [2.45, 2.75) is 129 Å². The Balaban J connectivity index is 3.21. The minimum absolute atomic E-state index is 0.0550. The van der Waals surface area contributed by atoms with Gasteiger partial charge in [-0.15, -0.1) is 0 Å². The van der Waals surface area contributed by atoms with E-state index in [1.165, 1.54) is 95.6 Å². The zero-order valence-electron chi connectivity index (χ0n) is 20.2. The highest BCUT2D eigenvalue weighted by molar-refractivity contribution is 5.81. The Kier molecular flexibility index (Phi) is 21.9. The molecule has 4 nitrogen and oxygen atoms in total. The number of esters is 2. The third-order valence-electron chi connectivity index (χ3n) is 5.74. The summed E-state index contributed by atoms with van der Waals surface area (Å²) in [5.74, 6) is -0.613. The summed E-state index contributed by atoms with van der Waals surface area (Å²) in [6, 6.07) is 0. The van der Waals surface area contributed by atoms with Crippen LogP contribution in [0.4, 0.5) is 0 Å². The van der Waals surface area contributed by atoms with Gasteiger partial charge in [-0.05, 0) is 25.7 Å². The second kappa shape index (κ2) is 23.1. The van der Waals surface area contributed by atoms with E-state index in [0.29, 0.717) is 6.61 Å². The fourth-order valence-electron chi connectivity index (χ4n) is 3.74. The first-order valence-corrected chi connectivity index (χ1v) is 12.8. The maximum atomic E-state index is 11.2. The van der Waals surface area contributed by atoms with Crippen LogP contribution in [0.5, 0.6) is 0 Å². The van der Waals surface area contributed by atoms with Crippen molar-refractivity contribution in [3.8, 4) is 0 Å². The van der Waals surface area contributed by atoms with E-state index in [1.54, 1.807) is 0 Å². The van der Waals surface area contributed by atoms with E-state index in [0.717, 1.165) is 32.1 Å². The number of hydrogen-bond acceptors (Lipinski definition) is 4. The number of carbonyl (C=O) groups is 2. The Morgan fingerprint density at radius 1 is 0.645 bits per heavy atom. The molecule has 0 bridgehead atoms. The summed E-state index contributed by atoms with van der Waals surface area (Å²) in [7, 11) is 0. The smallest absolute Gasteiger partial charge is 0.330 e. The number of unbranched alkanes of at least 4 members (excludes halogenated alkanes) is 15. The van der Waals surface area contributed by atoms with E-state index in [2.05, 4.69) is 20.1 Å². The molecule has 0 saturated heterocycles. The number of hydrogen-bond donors (Lipinski definition) is 0. The maximum Gasteiger partial charge on any atom is 0.330 e. The van der Waals surface area contributed by atoms with E-state index >= 15 is 0 Å². The highest BCUT2D eigenvalue weighted by Gasteiger charge is 2.09. The van der Waals surface area contributed by atoms with Gasteiger partial charge in [0.1, 0.15) is 6.10 Å². The van der Waals surface area contributed by atoms with Gasteiger partial charge in [0.05, 0.1) is 6.61 Å². The summed E-state index contributed by atoms with van der Waals surface area (Å²) in [6.45, 7) is 9.43. The molecule has 0 N–H and O–H groups in total. The molecule has 0 radical (unpaired) electrons. The monoisotopic (exact) mass is 436 g/mol. The van der Waals surface area contributed by atoms with Crippen LogP contribution in [0.2, 0.25) is 0 Å². The molecule has 180 valence electrons. The van der Waals surface area contributed by atoms with Crippen LogP contribution >= 0.6 is 0 Å². The third-order valence-corrected chi connectivity index (χ3v) is 5.74. The second-order valence-corrected chi connectivity index (χ2v) is 8.49. The lowest BCUT2D eigenvalue weighted by atomic mass is 10.0. The van der Waals surface area contributed by atoms with Crippen molar-refractivity contribution in [1.29, 1.82) is 0 Å². The van der Waals surface area contributed by atoms with Crippen LogP contribution in [-0.4, -0.2) is 24.6 Å². The summed E-state index contributed by atoms with van der Waals surface area (Å²) in [5, 5.41) is 0. The van der Waals surface area contributed by atoms with Gasteiger partial charge < -0.3 is 9.47 Å². The van der Waals surface area contributed by atoms with Crippen molar-refractivity contribution in [3.63, 3.8) is 0 Å². The average molecular weight is 437 g/mol. The van der Waals surface area contributed by atoms with Gasteiger partial charge in [0, 0.05) is 12.2 Å². The van der Waals surface area contributed by atoms with Crippen LogP contribution in [0.1, 0.15) is 122 Å². The lowest BCUT2D eigenvalue weighted by Gasteiger charge is -2.14. The molecule has 0 rings (SSSR count). The summed E-state index contributed by atoms with van der Waals surface area (Å²) < 4.78 is 10.3. The Bertz CT molecular complexity index is 458. The van der Waals surface area contributed by atoms with Gasteiger partial charge in [0.25, 0.3) is 0 Å². The fourth-order valence-corrected chi connectivity index (χ4v) is 3.74. The molecule has 0 fully saturated rings. The molecule has 0 aromatic carbocycles. The van der Waals surface area contributed by atoms with Crippen molar-refractivity contribution in [2.24, 2.45) is 0 Å². The molecule has 0 aromatic rings. The average Bonchev–Trinajstić information content (AvgIpc) is 2.79. The van der Waals surface area contributed by atoms with Crippen LogP contribution < -0.4 is 0 Å². The van der Waals surface area contributed by atoms with Crippen LogP contribution in [0, 0.1) is 0 Å². The van der Waals surface area contributed by atoms with Gasteiger partial charge in [-0.2, -0.15) is 0 Å². The zero-order valence-corrected chi connectivity index (χ0v) is 20.2. The molecule has 0 amide bonds. The summed E-state index contributed by atoms with van der Waals surface area (Å²) in [5.41, 5.74) is 0. The van der Waals surface area contributed by atoms with Crippen molar-refractivity contribution in [3.05, 3.63) is 25.3 Å². The van der Waals surface area contributed by atoms with Crippen molar-refractivity contribution in [2.75, 3.05) is 6.61 Å². The molecule has 0 aliphatic carbocycles. The Morgan fingerprint density at radius 3 is 1.42 bits per heavy atom. The quantitative estimate of drug-likeness (QED) is 0.0929. The zero-order chi connectivity index (χ0) is 23.0. The first-order chi connectivity index (χ1) is 15.1. The molecule has 0 heterocycles. The highest BCUT2D eigenvalue weighted by Crippen LogP contribution is 2.15. The molecule has 31 heavy (non-hydrogen) atoms. The van der Waals surface area contributed by atoms with Crippen LogP contribution in [0.3, 0.4) is 0 Å². The Hall–Kier alpha value is -1.58. The van der Waals surface area contributed by atoms with E-state index in [9.17, 15) is 9.59 Å². The molecule has 4 heteroatoms. The Morgan fingerprint density at radius 2 is 1.03 bits per heavy atom. The van der Waals surface area contributed by atoms with Gasteiger partial charge >= 0.3 is 11.9 Å². The predicted molar refractivity (Wildman–Crippen MR) is 130 cm³/mol. The summed E-state index contributed by atoms with van der Waals surface area (Å²) in [4.78, 5) is 22.1. The normalized spacial score (nSPS) is 11.6. The van der Waals surface area contributed by atoms with Gasteiger partial charge in [-0.1, -0.05) is 110 Å². The highest BCUT2D eigenvalue weighted by atomic mass is 16.5. The van der Waals surface area contributed by atoms with Gasteiger partial charge in [0.15, 0.2) is 0 Å². The minimum atomic E-state index is -0.314. The van der Waals surface area contributed by atoms with Crippen LogP contribution in [0.15, 0.2) is 25.3 Å². The standard InChI is InChI=1S/C27H48O4/c1-4-25(31-27(29)6-3)23-21-19-17-15-13-11-9-7-8-10-12-14-16-18-20-22-24-30-26(28)5-2/h5-6,25H,2-4,7-24H2,1H3. The molecule has 0 aliphatic rings. The maximum absolute atomic E-state index is 11.2. The molecular weight excluding hydrogens is 388 g/mol. The molecule has 0 saturated carbocycles. The number of rotatable bonds is 23. The van der Waals surface area contributed by atoms with E-state index in [4.69, 9.17) is 9.47 Å². The lowest BCUT2D eigenvalue weighted by molar-refractivity contribution is -0.143. The van der Waals surface area contributed by atoms with Gasteiger partial charge in [0.2, 0.25) is 0 Å². The SMILES string of the molecule is C=CC(=O)OCCCCCCCCCCCCCCCCCCC(CC)OC(=O)C=C. The van der Waals surface area contributed by atoms with Crippen molar-refractivity contribution in [1.82, 2.24) is 0 Å². The van der Waals surface area contributed by atoms with Crippen LogP contribution in [0.25, 0.3) is 0 Å². The third kappa shape index (κ3) is 21.4. The largest absolute Gasteiger partial charge is 0.463 e. The van der Waals surface area contributed by atoms with Crippen molar-refractivity contribution < 1.29 is 19.1 Å². The molecule has 1 atom stereocenters. The Labute approximate surface area is 191 Å². The molecule has 1 unspecified atom stereocenters. The summed E-state index contributed by atoms with van der Waals surface area (Å²) >= 11 is 0. The molecule has 0 aromatic heterocycles. The predicted octanol–water partition coefficient (Wildman–Crippen LogP) is 7.86. The molecular formula is C27H48O4. The number of carbonyl (C=O) groups excluding carboxylic acids is 2. The summed E-state index contributed by atoms with van der Waals surface area (Å²) in [6.07, 6.45) is 24.9. The molecule has 0 aliphatic heterocycles. The first kappa shape index (κ1) is 29.4. The minimum Gasteiger partial charge on any atom is -0.463 e. The lowest BCUT2D eigenvalue weighted by Crippen LogP contribution is -2.15. The van der Waals surface area contributed by atoms with E-state index < -0.39 is 0 Å². The van der Waals surface area contributed by atoms with E-state index in [-0.39, 0.29) is 18.0 Å². The fraction of sp³-hybridized carbons (Fsp3) is 0.778. The van der Waals surface area contributed by atoms with Gasteiger partial charge in [-0.3, -0.25) is 0 Å². The van der Waals surface area contributed by atoms with Crippen LogP contribution in [-0.2, 0) is 19.1 Å².